The third-order valence-corrected chi connectivity index (χ3v) is 4.34. The fraction of sp³-hybridized carbons (Fsp3) is 0.250. The number of Topliss-reactive ketones (excluding diaryl/α,β-unsaturated/α-hetero) is 1. The monoisotopic (exact) mass is 391 g/mol. The van der Waals surface area contributed by atoms with Crippen molar-refractivity contribution in [1.82, 2.24) is 0 Å². The Morgan fingerprint density at radius 2 is 1.85 bits per heavy atom. The topological polar surface area (TPSA) is 86.5 Å². The van der Waals surface area contributed by atoms with Gasteiger partial charge in [-0.1, -0.05) is 29.8 Å². The van der Waals surface area contributed by atoms with Crippen molar-refractivity contribution in [2.75, 3.05) is 7.11 Å². The lowest BCUT2D eigenvalue weighted by molar-refractivity contribution is -0.140. The van der Waals surface area contributed by atoms with Gasteiger partial charge in [-0.05, 0) is 36.2 Å². The third kappa shape index (κ3) is 5.45. The van der Waals surface area contributed by atoms with Crippen molar-refractivity contribution in [2.45, 2.75) is 25.3 Å². The molecule has 0 bridgehead atoms. The van der Waals surface area contributed by atoms with Gasteiger partial charge in [-0.25, -0.2) is 4.39 Å². The number of rotatable bonds is 8. The van der Waals surface area contributed by atoms with Gasteiger partial charge in [-0.15, -0.1) is 0 Å². The van der Waals surface area contributed by atoms with Crippen LogP contribution in [0.25, 0.3) is 0 Å². The van der Waals surface area contributed by atoms with Gasteiger partial charge >= 0.3 is 5.97 Å². The van der Waals surface area contributed by atoms with Crippen molar-refractivity contribution in [3.8, 4) is 0 Å². The number of methoxy groups -OCH3 is 1. The van der Waals surface area contributed by atoms with E-state index in [-0.39, 0.29) is 36.2 Å². The van der Waals surface area contributed by atoms with Gasteiger partial charge in [0.15, 0.2) is 11.6 Å². The fourth-order valence-corrected chi connectivity index (χ4v) is 2.73. The molecule has 0 fully saturated rings. The van der Waals surface area contributed by atoms with E-state index in [1.165, 1.54) is 31.4 Å². The van der Waals surface area contributed by atoms with Crippen LogP contribution in [0.4, 0.5) is 4.39 Å². The van der Waals surface area contributed by atoms with Crippen LogP contribution >= 0.6 is 11.6 Å². The predicted molar refractivity (Wildman–Crippen MR) is 99.2 cm³/mol. The van der Waals surface area contributed by atoms with Crippen molar-refractivity contribution >= 4 is 29.1 Å². The largest absolute Gasteiger partial charge is 0.469 e. The van der Waals surface area contributed by atoms with Crippen molar-refractivity contribution in [2.24, 2.45) is 5.73 Å². The molecule has 0 amide bonds. The fourth-order valence-electron chi connectivity index (χ4n) is 2.56. The molecular formula is C20H19ClFNO4. The number of nitrogens with two attached hydrogens (primary N) is 1. The number of halogens is 2. The molecule has 0 aliphatic heterocycles. The molecule has 0 heterocycles. The lowest BCUT2D eigenvalue weighted by Crippen LogP contribution is -2.32. The molecule has 7 heteroatoms. The Bertz CT molecular complexity index is 869. The zero-order valence-electron chi connectivity index (χ0n) is 14.7. The van der Waals surface area contributed by atoms with Crippen LogP contribution in [0.3, 0.4) is 0 Å². The number of carbonyl (C=O) groups is 3. The molecule has 0 saturated heterocycles. The minimum Gasteiger partial charge on any atom is -0.469 e. The highest BCUT2D eigenvalue weighted by molar-refractivity contribution is 6.31. The van der Waals surface area contributed by atoms with E-state index < -0.39 is 23.6 Å². The minimum absolute atomic E-state index is 0.0189. The quantitative estimate of drug-likeness (QED) is 0.552. The van der Waals surface area contributed by atoms with E-state index in [2.05, 4.69) is 4.74 Å². The summed E-state index contributed by atoms with van der Waals surface area (Å²) >= 11 is 5.98. The second kappa shape index (κ2) is 9.39. The van der Waals surface area contributed by atoms with E-state index in [0.29, 0.717) is 10.6 Å². The molecule has 0 aliphatic carbocycles. The molecule has 0 aromatic heterocycles. The molecule has 142 valence electrons. The molecule has 0 saturated carbocycles. The Morgan fingerprint density at radius 1 is 1.15 bits per heavy atom. The maximum Gasteiger partial charge on any atom is 0.305 e. The highest BCUT2D eigenvalue weighted by atomic mass is 35.5. The van der Waals surface area contributed by atoms with Crippen molar-refractivity contribution in [3.05, 3.63) is 70.0 Å². The summed E-state index contributed by atoms with van der Waals surface area (Å²) in [6.07, 6.45) is 0.0236. The van der Waals surface area contributed by atoms with Crippen LogP contribution in [0.5, 0.6) is 0 Å². The van der Waals surface area contributed by atoms with Gasteiger partial charge in [-0.3, -0.25) is 14.4 Å². The summed E-state index contributed by atoms with van der Waals surface area (Å²) in [6, 6.07) is 9.19. The number of ketones is 2. The van der Waals surface area contributed by atoms with Gasteiger partial charge in [0.1, 0.15) is 5.82 Å². The van der Waals surface area contributed by atoms with Gasteiger partial charge in [0.2, 0.25) is 0 Å². The first-order valence-electron chi connectivity index (χ1n) is 8.26. The van der Waals surface area contributed by atoms with Gasteiger partial charge in [0.05, 0.1) is 18.7 Å². The average molecular weight is 392 g/mol. The van der Waals surface area contributed by atoms with Crippen LogP contribution in [0.2, 0.25) is 5.02 Å². The van der Waals surface area contributed by atoms with E-state index >= 15 is 0 Å². The zero-order chi connectivity index (χ0) is 20.0. The van der Waals surface area contributed by atoms with Crippen molar-refractivity contribution in [1.29, 1.82) is 0 Å². The lowest BCUT2D eigenvalue weighted by Gasteiger charge is -2.13. The second-order valence-corrected chi connectivity index (χ2v) is 6.41. The Balaban J connectivity index is 2.23. The summed E-state index contributed by atoms with van der Waals surface area (Å²) in [5, 5.41) is 0.292. The van der Waals surface area contributed by atoms with Gasteiger partial charge in [-0.2, -0.15) is 0 Å². The first-order chi connectivity index (χ1) is 12.8. The normalized spacial score (nSPS) is 11.7. The van der Waals surface area contributed by atoms with E-state index in [4.69, 9.17) is 17.3 Å². The summed E-state index contributed by atoms with van der Waals surface area (Å²) in [6.45, 7) is 0. The Morgan fingerprint density at radius 3 is 2.52 bits per heavy atom. The molecule has 0 unspecified atom stereocenters. The lowest BCUT2D eigenvalue weighted by atomic mass is 9.93. The Labute approximate surface area is 161 Å². The van der Waals surface area contributed by atoms with E-state index in [9.17, 15) is 18.8 Å². The molecule has 5 nitrogen and oxygen atoms in total. The summed E-state index contributed by atoms with van der Waals surface area (Å²) in [5.41, 5.74) is 6.26. The van der Waals surface area contributed by atoms with Crippen LogP contribution in [-0.2, 0) is 20.7 Å². The molecule has 2 aromatic carbocycles. The van der Waals surface area contributed by atoms with Gasteiger partial charge < -0.3 is 10.5 Å². The number of ether oxygens (including phenoxy) is 1. The number of carbonyl (C=O) groups excluding carboxylic acids is 3. The van der Waals surface area contributed by atoms with Gasteiger partial charge in [0.25, 0.3) is 0 Å². The van der Waals surface area contributed by atoms with Crippen LogP contribution in [0, 0.1) is 5.82 Å². The maximum absolute atomic E-state index is 14.0. The number of esters is 1. The minimum atomic E-state index is -0.879. The molecule has 2 rings (SSSR count). The first kappa shape index (κ1) is 20.7. The second-order valence-electron chi connectivity index (χ2n) is 5.97. The third-order valence-electron chi connectivity index (χ3n) is 4.10. The number of benzene rings is 2. The molecule has 0 aliphatic rings. The van der Waals surface area contributed by atoms with Crippen molar-refractivity contribution in [3.63, 3.8) is 0 Å². The molecule has 2 N–H and O–H groups in total. The van der Waals surface area contributed by atoms with Gasteiger partial charge in [0, 0.05) is 23.4 Å². The molecule has 0 spiro atoms. The SMILES string of the molecule is COC(=O)CC[C@H](N)C(=O)Cc1ccc(Cl)cc1C(=O)c1ccccc1F. The van der Waals surface area contributed by atoms with Crippen LogP contribution in [0.1, 0.15) is 34.3 Å². The number of hydrogen-bond acceptors (Lipinski definition) is 5. The maximum atomic E-state index is 14.0. The molecule has 1 atom stereocenters. The average Bonchev–Trinajstić information content (AvgIpc) is 2.66. The summed E-state index contributed by atoms with van der Waals surface area (Å²) in [4.78, 5) is 36.3. The smallest absolute Gasteiger partial charge is 0.305 e. The standard InChI is InChI=1S/C20H19ClFNO4/c1-27-19(25)9-8-17(23)18(24)10-12-6-7-13(21)11-15(12)20(26)14-4-2-3-5-16(14)22/h2-7,11,17H,8-10,23H2,1H3/t17-/m0/s1. The first-order valence-corrected chi connectivity index (χ1v) is 8.64. The van der Waals surface area contributed by atoms with Crippen molar-refractivity contribution < 1.29 is 23.5 Å². The Kier molecular flexibility index (Phi) is 7.21. The summed E-state index contributed by atoms with van der Waals surface area (Å²) < 4.78 is 18.5. The number of hydrogen-bond donors (Lipinski definition) is 1. The van der Waals surface area contributed by atoms with E-state index in [0.717, 1.165) is 0 Å². The van der Waals surface area contributed by atoms with Crippen LogP contribution in [-0.4, -0.2) is 30.7 Å². The molecule has 0 radical (unpaired) electrons. The highest BCUT2D eigenvalue weighted by Gasteiger charge is 2.21. The van der Waals surface area contributed by atoms with E-state index in [1.54, 1.807) is 18.2 Å². The molecular weight excluding hydrogens is 373 g/mol. The molecule has 2 aromatic rings. The summed E-state index contributed by atoms with van der Waals surface area (Å²) in [7, 11) is 1.25. The Hall–Kier alpha value is -2.57. The highest BCUT2D eigenvalue weighted by Crippen LogP contribution is 2.22. The predicted octanol–water partition coefficient (Wildman–Crippen LogP) is 3.10. The van der Waals surface area contributed by atoms with E-state index in [1.807, 2.05) is 0 Å². The molecule has 27 heavy (non-hydrogen) atoms. The summed E-state index contributed by atoms with van der Waals surface area (Å²) in [5.74, 6) is -2.03. The van der Waals surface area contributed by atoms with Crippen LogP contribution < -0.4 is 5.73 Å². The zero-order valence-corrected chi connectivity index (χ0v) is 15.5. The van der Waals surface area contributed by atoms with Crippen LogP contribution in [0.15, 0.2) is 42.5 Å².